The summed E-state index contributed by atoms with van der Waals surface area (Å²) in [4.78, 5) is 14.6. The zero-order valence-corrected chi connectivity index (χ0v) is 15.4. The van der Waals surface area contributed by atoms with Gasteiger partial charge in [0.2, 0.25) is 10.0 Å². The maximum Gasteiger partial charge on any atom is 0.253 e. The van der Waals surface area contributed by atoms with E-state index in [1.54, 1.807) is 12.1 Å². The minimum Gasteiger partial charge on any atom is -0.339 e. The van der Waals surface area contributed by atoms with Crippen LogP contribution in [0.3, 0.4) is 0 Å². The van der Waals surface area contributed by atoms with E-state index < -0.39 is 10.0 Å². The van der Waals surface area contributed by atoms with E-state index in [0.29, 0.717) is 11.0 Å². The van der Waals surface area contributed by atoms with Crippen molar-refractivity contribution < 1.29 is 13.2 Å². The number of benzene rings is 1. The normalized spacial score (nSPS) is 20.0. The molecule has 3 rings (SSSR count). The van der Waals surface area contributed by atoms with E-state index in [4.69, 9.17) is 0 Å². The van der Waals surface area contributed by atoms with Gasteiger partial charge in [0, 0.05) is 25.2 Å². The van der Waals surface area contributed by atoms with E-state index in [9.17, 15) is 13.2 Å². The number of amides is 1. The van der Waals surface area contributed by atoms with Gasteiger partial charge >= 0.3 is 0 Å². The molecule has 2 saturated heterocycles. The first-order valence-corrected chi connectivity index (χ1v) is 9.48. The van der Waals surface area contributed by atoms with Gasteiger partial charge in [-0.1, -0.05) is 6.07 Å². The van der Waals surface area contributed by atoms with E-state index in [0.717, 1.165) is 39.0 Å². The van der Waals surface area contributed by atoms with Gasteiger partial charge in [-0.3, -0.25) is 4.79 Å². The molecular formula is C16H24ClN3O3S. The molecule has 0 radical (unpaired) electrons. The highest BCUT2D eigenvalue weighted by molar-refractivity contribution is 7.89. The molecule has 0 unspecified atom stereocenters. The fourth-order valence-electron chi connectivity index (χ4n) is 3.50. The SMILES string of the molecule is CNS(=O)(=O)c1cccc(C(=O)N2CCC3(CCNC3)CC2)c1.Cl. The Morgan fingerprint density at radius 3 is 2.54 bits per heavy atom. The molecule has 134 valence electrons. The van der Waals surface area contributed by atoms with Gasteiger partial charge in [-0.2, -0.15) is 0 Å². The molecule has 2 N–H and O–H groups in total. The quantitative estimate of drug-likeness (QED) is 0.835. The zero-order valence-electron chi connectivity index (χ0n) is 13.7. The maximum atomic E-state index is 12.7. The number of nitrogens with one attached hydrogen (secondary N) is 2. The van der Waals surface area contributed by atoms with Gasteiger partial charge in [-0.05, 0) is 56.5 Å². The van der Waals surface area contributed by atoms with Gasteiger partial charge in [-0.15, -0.1) is 12.4 Å². The van der Waals surface area contributed by atoms with Crippen molar-refractivity contribution in [2.75, 3.05) is 33.2 Å². The van der Waals surface area contributed by atoms with Crippen molar-refractivity contribution >= 4 is 28.3 Å². The molecule has 6 nitrogen and oxygen atoms in total. The summed E-state index contributed by atoms with van der Waals surface area (Å²) >= 11 is 0. The Kier molecular flexibility index (Phi) is 5.91. The molecule has 2 aliphatic heterocycles. The summed E-state index contributed by atoms with van der Waals surface area (Å²) in [6.45, 7) is 3.59. The Hall–Kier alpha value is -1.15. The van der Waals surface area contributed by atoms with Gasteiger partial charge < -0.3 is 10.2 Å². The molecule has 0 aromatic heterocycles. The van der Waals surface area contributed by atoms with Crippen LogP contribution in [-0.2, 0) is 10.0 Å². The number of piperidine rings is 1. The van der Waals surface area contributed by atoms with Crippen LogP contribution in [0.15, 0.2) is 29.2 Å². The second kappa shape index (κ2) is 7.39. The predicted octanol–water partition coefficient (Wildman–Crippen LogP) is 1.23. The molecule has 0 bridgehead atoms. The third-order valence-corrected chi connectivity index (χ3v) is 6.52. The summed E-state index contributed by atoms with van der Waals surface area (Å²) < 4.78 is 26.0. The van der Waals surface area contributed by atoms with Crippen LogP contribution in [0.1, 0.15) is 29.6 Å². The molecule has 1 aromatic carbocycles. The lowest BCUT2D eigenvalue weighted by molar-refractivity contribution is 0.0607. The van der Waals surface area contributed by atoms with Crippen molar-refractivity contribution in [2.45, 2.75) is 24.2 Å². The molecular weight excluding hydrogens is 350 g/mol. The number of carbonyl (C=O) groups is 1. The first kappa shape index (κ1) is 19.2. The van der Waals surface area contributed by atoms with Crippen LogP contribution in [0.4, 0.5) is 0 Å². The van der Waals surface area contributed by atoms with E-state index in [1.807, 2.05) is 4.90 Å². The molecule has 0 aliphatic carbocycles. The third-order valence-electron chi connectivity index (χ3n) is 5.10. The molecule has 24 heavy (non-hydrogen) atoms. The van der Waals surface area contributed by atoms with Gasteiger partial charge in [0.05, 0.1) is 4.90 Å². The Morgan fingerprint density at radius 2 is 1.96 bits per heavy atom. The second-order valence-electron chi connectivity index (χ2n) is 6.45. The van der Waals surface area contributed by atoms with Gasteiger partial charge in [0.1, 0.15) is 0 Å². The molecule has 1 spiro atoms. The highest BCUT2D eigenvalue weighted by atomic mass is 35.5. The average Bonchev–Trinajstić information content (AvgIpc) is 3.03. The van der Waals surface area contributed by atoms with Crippen LogP contribution in [0.5, 0.6) is 0 Å². The van der Waals surface area contributed by atoms with Crippen molar-refractivity contribution in [1.29, 1.82) is 0 Å². The molecule has 1 aromatic rings. The van der Waals surface area contributed by atoms with Crippen LogP contribution in [-0.4, -0.2) is 52.5 Å². The van der Waals surface area contributed by atoms with Crippen molar-refractivity contribution in [3.63, 3.8) is 0 Å². The Balaban J connectivity index is 0.00000208. The Bertz CT molecular complexity index is 692. The standard InChI is InChI=1S/C16H23N3O3S.ClH/c1-17-23(21,22)14-4-2-3-13(11-14)15(20)19-9-6-16(7-10-19)5-8-18-12-16;/h2-4,11,17-18H,5-10,12H2,1H3;1H. The summed E-state index contributed by atoms with van der Waals surface area (Å²) in [5.41, 5.74) is 0.787. The predicted molar refractivity (Wildman–Crippen MR) is 95.0 cm³/mol. The Morgan fingerprint density at radius 1 is 1.25 bits per heavy atom. The number of sulfonamides is 1. The molecule has 0 saturated carbocycles. The van der Waals surface area contributed by atoms with Crippen LogP contribution in [0, 0.1) is 5.41 Å². The topological polar surface area (TPSA) is 78.5 Å². The van der Waals surface area contributed by atoms with Crippen molar-refractivity contribution in [3.05, 3.63) is 29.8 Å². The molecule has 1 amide bonds. The first-order chi connectivity index (χ1) is 11.0. The number of nitrogens with zero attached hydrogens (tertiary/aromatic N) is 1. The zero-order chi connectivity index (χ0) is 16.5. The number of halogens is 1. The molecule has 2 heterocycles. The lowest BCUT2D eigenvalue weighted by atomic mass is 9.78. The van der Waals surface area contributed by atoms with E-state index in [2.05, 4.69) is 10.0 Å². The summed E-state index contributed by atoms with van der Waals surface area (Å²) in [5, 5.41) is 3.41. The highest BCUT2D eigenvalue weighted by Gasteiger charge is 2.38. The van der Waals surface area contributed by atoms with Gasteiger partial charge in [0.25, 0.3) is 5.91 Å². The Labute approximate surface area is 149 Å². The van der Waals surface area contributed by atoms with E-state index in [-0.39, 0.29) is 23.2 Å². The fourth-order valence-corrected chi connectivity index (χ4v) is 4.28. The van der Waals surface area contributed by atoms with E-state index >= 15 is 0 Å². The molecule has 2 fully saturated rings. The number of hydrogen-bond donors (Lipinski definition) is 2. The summed E-state index contributed by atoms with van der Waals surface area (Å²) in [5.74, 6) is -0.0843. The number of rotatable bonds is 3. The first-order valence-electron chi connectivity index (χ1n) is 7.99. The molecule has 8 heteroatoms. The van der Waals surface area contributed by atoms with Crippen molar-refractivity contribution in [2.24, 2.45) is 5.41 Å². The third kappa shape index (κ3) is 3.74. The van der Waals surface area contributed by atoms with Crippen LogP contribution in [0.25, 0.3) is 0 Å². The molecule has 2 aliphatic rings. The highest BCUT2D eigenvalue weighted by Crippen LogP contribution is 2.37. The smallest absolute Gasteiger partial charge is 0.253 e. The lowest BCUT2D eigenvalue weighted by Gasteiger charge is -2.38. The van der Waals surface area contributed by atoms with Crippen LogP contribution in [0.2, 0.25) is 0 Å². The fraction of sp³-hybridized carbons (Fsp3) is 0.562. The van der Waals surface area contributed by atoms with E-state index in [1.165, 1.54) is 25.6 Å². The van der Waals surface area contributed by atoms with Gasteiger partial charge in [0.15, 0.2) is 0 Å². The number of carbonyl (C=O) groups excluding carboxylic acids is 1. The number of hydrogen-bond acceptors (Lipinski definition) is 4. The summed E-state index contributed by atoms with van der Waals surface area (Å²) in [6, 6.07) is 6.25. The minimum absolute atomic E-state index is 0. The van der Waals surface area contributed by atoms with Crippen LogP contribution < -0.4 is 10.0 Å². The summed E-state index contributed by atoms with van der Waals surface area (Å²) in [7, 11) is -2.17. The van der Waals surface area contributed by atoms with Crippen LogP contribution >= 0.6 is 12.4 Å². The number of likely N-dealkylation sites (tertiary alicyclic amines) is 1. The maximum absolute atomic E-state index is 12.7. The average molecular weight is 374 g/mol. The van der Waals surface area contributed by atoms with Gasteiger partial charge in [-0.25, -0.2) is 13.1 Å². The largest absolute Gasteiger partial charge is 0.339 e. The minimum atomic E-state index is -3.53. The summed E-state index contributed by atoms with van der Waals surface area (Å²) in [6.07, 6.45) is 3.21. The van der Waals surface area contributed by atoms with Crippen molar-refractivity contribution in [1.82, 2.24) is 14.9 Å². The molecule has 0 atom stereocenters. The lowest BCUT2D eigenvalue weighted by Crippen LogP contribution is -2.44. The van der Waals surface area contributed by atoms with Crippen molar-refractivity contribution in [3.8, 4) is 0 Å². The monoisotopic (exact) mass is 373 g/mol. The second-order valence-corrected chi connectivity index (χ2v) is 8.34.